The Kier molecular flexibility index (Phi) is 6.38. The van der Waals surface area contributed by atoms with Crippen molar-refractivity contribution in [2.75, 3.05) is 5.32 Å². The van der Waals surface area contributed by atoms with Gasteiger partial charge in [-0.15, -0.1) is 0 Å². The van der Waals surface area contributed by atoms with Crippen molar-refractivity contribution in [3.63, 3.8) is 0 Å². The number of phenolic OH excluding ortho intramolecular Hbond substituents is 1. The van der Waals surface area contributed by atoms with E-state index in [1.54, 1.807) is 23.9 Å². The number of halogens is 1. The Morgan fingerprint density at radius 3 is 2.11 bits per heavy atom. The number of carbonyl (C=O) groups is 1. The summed E-state index contributed by atoms with van der Waals surface area (Å²) in [6.45, 7) is 0. The van der Waals surface area contributed by atoms with Crippen LogP contribution in [0.5, 0.6) is 5.75 Å². The molecule has 0 heterocycles. The van der Waals surface area contributed by atoms with E-state index >= 15 is 0 Å². The first-order valence-electron chi connectivity index (χ1n) is 8.29. The number of amides is 1. The van der Waals surface area contributed by atoms with Gasteiger partial charge in [0.05, 0.1) is 0 Å². The van der Waals surface area contributed by atoms with Gasteiger partial charge >= 0.3 is 0 Å². The van der Waals surface area contributed by atoms with Gasteiger partial charge in [-0.05, 0) is 72.3 Å². The van der Waals surface area contributed by atoms with E-state index in [0.717, 1.165) is 15.4 Å². The molecule has 1 amide bonds. The van der Waals surface area contributed by atoms with Crippen LogP contribution in [-0.2, 0) is 4.79 Å². The number of anilines is 1. The monoisotopic (exact) mass is 406 g/mol. The molecule has 0 unspecified atom stereocenters. The third-order valence-electron chi connectivity index (χ3n) is 3.73. The number of aromatic hydroxyl groups is 1. The highest BCUT2D eigenvalue weighted by molar-refractivity contribution is 7.99. The lowest BCUT2D eigenvalue weighted by Crippen LogP contribution is -2.13. The van der Waals surface area contributed by atoms with E-state index in [4.69, 9.17) is 11.6 Å². The van der Waals surface area contributed by atoms with Crippen LogP contribution >= 0.6 is 23.4 Å². The van der Waals surface area contributed by atoms with Crippen molar-refractivity contribution < 1.29 is 9.90 Å². The Labute approximate surface area is 172 Å². The Bertz CT molecular complexity index is 1040. The van der Waals surface area contributed by atoms with Gasteiger partial charge in [-0.1, -0.05) is 35.5 Å². The first-order valence-corrected chi connectivity index (χ1v) is 9.48. The van der Waals surface area contributed by atoms with Gasteiger partial charge in [0, 0.05) is 20.5 Å². The van der Waals surface area contributed by atoms with Gasteiger partial charge in [0.2, 0.25) is 0 Å². The zero-order chi connectivity index (χ0) is 19.9. The minimum absolute atomic E-state index is 0.00817. The Balaban J connectivity index is 1.69. The molecule has 0 aliphatic heterocycles. The van der Waals surface area contributed by atoms with Gasteiger partial charge < -0.3 is 10.4 Å². The second-order valence-corrected chi connectivity index (χ2v) is 7.38. The van der Waals surface area contributed by atoms with Crippen molar-refractivity contribution in [3.8, 4) is 11.8 Å². The first-order chi connectivity index (χ1) is 13.5. The molecule has 0 saturated carbocycles. The Hall–Kier alpha value is -3.20. The maximum Gasteiger partial charge on any atom is 0.266 e. The average molecular weight is 407 g/mol. The first kappa shape index (κ1) is 19.6. The van der Waals surface area contributed by atoms with Gasteiger partial charge in [0.1, 0.15) is 17.4 Å². The predicted octanol–water partition coefficient (Wildman–Crippen LogP) is 5.74. The minimum atomic E-state index is -0.507. The van der Waals surface area contributed by atoms with Crippen LogP contribution in [0.4, 0.5) is 5.69 Å². The van der Waals surface area contributed by atoms with Gasteiger partial charge in [-0.3, -0.25) is 4.79 Å². The molecule has 0 aromatic heterocycles. The predicted molar refractivity (Wildman–Crippen MR) is 112 cm³/mol. The fraction of sp³-hybridized carbons (Fsp3) is 0. The molecule has 0 saturated heterocycles. The molecule has 28 heavy (non-hydrogen) atoms. The molecule has 138 valence electrons. The molecule has 0 bridgehead atoms. The lowest BCUT2D eigenvalue weighted by atomic mass is 10.1. The number of rotatable bonds is 5. The average Bonchev–Trinajstić information content (AvgIpc) is 2.71. The van der Waals surface area contributed by atoms with Gasteiger partial charge in [0.25, 0.3) is 5.91 Å². The van der Waals surface area contributed by atoms with E-state index in [0.29, 0.717) is 10.7 Å². The van der Waals surface area contributed by atoms with Crippen LogP contribution in [0, 0.1) is 11.3 Å². The van der Waals surface area contributed by atoms with Crippen LogP contribution in [0.2, 0.25) is 5.02 Å². The molecule has 0 aliphatic carbocycles. The molecular formula is C22H15ClN2O2S. The van der Waals surface area contributed by atoms with Crippen molar-refractivity contribution in [1.29, 1.82) is 5.26 Å². The molecule has 3 aromatic rings. The molecular weight excluding hydrogens is 392 g/mol. The number of nitrogens with zero attached hydrogens (tertiary/aromatic N) is 1. The molecule has 6 heteroatoms. The molecule has 3 rings (SSSR count). The molecule has 4 nitrogen and oxygen atoms in total. The summed E-state index contributed by atoms with van der Waals surface area (Å²) >= 11 is 7.49. The van der Waals surface area contributed by atoms with Gasteiger partial charge in [0.15, 0.2) is 0 Å². The van der Waals surface area contributed by atoms with E-state index in [1.165, 1.54) is 18.2 Å². The van der Waals surface area contributed by atoms with Crippen molar-refractivity contribution in [2.24, 2.45) is 0 Å². The van der Waals surface area contributed by atoms with Crippen LogP contribution in [0.3, 0.4) is 0 Å². The van der Waals surface area contributed by atoms with Gasteiger partial charge in [-0.25, -0.2) is 0 Å². The number of nitrogens with one attached hydrogen (secondary N) is 1. The molecule has 0 radical (unpaired) electrons. The van der Waals surface area contributed by atoms with Crippen LogP contribution in [-0.4, -0.2) is 11.0 Å². The van der Waals surface area contributed by atoms with E-state index < -0.39 is 5.91 Å². The highest BCUT2D eigenvalue weighted by Gasteiger charge is 2.09. The number of benzene rings is 3. The lowest BCUT2D eigenvalue weighted by molar-refractivity contribution is -0.112. The highest BCUT2D eigenvalue weighted by Crippen LogP contribution is 2.29. The summed E-state index contributed by atoms with van der Waals surface area (Å²) < 4.78 is 0. The third-order valence-corrected chi connectivity index (χ3v) is 5.00. The Morgan fingerprint density at radius 2 is 1.54 bits per heavy atom. The quantitative estimate of drug-likeness (QED) is 0.322. The zero-order valence-corrected chi connectivity index (χ0v) is 16.2. The van der Waals surface area contributed by atoms with Crippen molar-refractivity contribution in [2.45, 2.75) is 9.79 Å². The maximum atomic E-state index is 12.3. The summed E-state index contributed by atoms with van der Waals surface area (Å²) in [6.07, 6.45) is 1.53. The van der Waals surface area contributed by atoms with E-state index in [2.05, 4.69) is 5.32 Å². The number of hydrogen-bond donors (Lipinski definition) is 2. The summed E-state index contributed by atoms with van der Waals surface area (Å²) in [5.41, 5.74) is 1.24. The maximum absolute atomic E-state index is 12.3. The minimum Gasteiger partial charge on any atom is -0.508 e. The molecule has 0 atom stereocenters. The SMILES string of the molecule is N#C/C(=C/c1ccc(Sc2ccc(Cl)cc2)cc1)C(=O)Nc1ccc(O)cc1. The highest BCUT2D eigenvalue weighted by atomic mass is 35.5. The van der Waals surface area contributed by atoms with E-state index in [9.17, 15) is 15.2 Å². The third kappa shape index (κ3) is 5.40. The number of carbonyl (C=O) groups excluding carboxylic acids is 1. The smallest absolute Gasteiger partial charge is 0.266 e. The van der Waals surface area contributed by atoms with E-state index in [-0.39, 0.29) is 11.3 Å². The normalized spacial score (nSPS) is 10.9. The Morgan fingerprint density at radius 1 is 0.964 bits per heavy atom. The molecule has 3 aromatic carbocycles. The standard InChI is InChI=1S/C22H15ClN2O2S/c23-17-3-11-21(12-4-17)28-20-9-1-15(2-10-20)13-16(14-24)22(27)25-18-5-7-19(26)8-6-18/h1-13,26H,(H,25,27)/b16-13-. The number of phenols is 1. The summed E-state index contributed by atoms with van der Waals surface area (Å²) in [5, 5.41) is 21.9. The molecule has 0 fully saturated rings. The van der Waals surface area contributed by atoms with Crippen LogP contribution in [0.15, 0.2) is 88.2 Å². The van der Waals surface area contributed by atoms with Crippen molar-refractivity contribution >= 4 is 41.0 Å². The number of nitriles is 1. The summed E-state index contributed by atoms with van der Waals surface area (Å²) in [4.78, 5) is 14.4. The van der Waals surface area contributed by atoms with Crippen LogP contribution in [0.1, 0.15) is 5.56 Å². The topological polar surface area (TPSA) is 73.1 Å². The van der Waals surface area contributed by atoms with E-state index in [1.807, 2.05) is 54.6 Å². The van der Waals surface area contributed by atoms with Gasteiger partial charge in [-0.2, -0.15) is 5.26 Å². The fourth-order valence-electron chi connectivity index (χ4n) is 2.33. The summed E-state index contributed by atoms with van der Waals surface area (Å²) in [6, 6.07) is 23.1. The van der Waals surface area contributed by atoms with Crippen molar-refractivity contribution in [3.05, 3.63) is 89.0 Å². The second kappa shape index (κ2) is 9.14. The van der Waals surface area contributed by atoms with Crippen LogP contribution < -0.4 is 5.32 Å². The van der Waals surface area contributed by atoms with Crippen molar-refractivity contribution in [1.82, 2.24) is 0 Å². The largest absolute Gasteiger partial charge is 0.508 e. The lowest BCUT2D eigenvalue weighted by Gasteiger charge is -2.05. The summed E-state index contributed by atoms with van der Waals surface area (Å²) in [5.74, 6) is -0.404. The molecule has 0 spiro atoms. The second-order valence-electron chi connectivity index (χ2n) is 5.80. The molecule has 0 aliphatic rings. The van der Waals surface area contributed by atoms with Crippen LogP contribution in [0.25, 0.3) is 6.08 Å². The summed E-state index contributed by atoms with van der Waals surface area (Å²) in [7, 11) is 0. The fourth-order valence-corrected chi connectivity index (χ4v) is 3.27. The number of hydrogen-bond acceptors (Lipinski definition) is 4. The molecule has 2 N–H and O–H groups in total. The zero-order valence-electron chi connectivity index (χ0n) is 14.6.